The van der Waals surface area contributed by atoms with Crippen LogP contribution in [0.25, 0.3) is 0 Å². The molecule has 0 N–H and O–H groups in total. The summed E-state index contributed by atoms with van der Waals surface area (Å²) in [4.78, 5) is 38.0. The van der Waals surface area contributed by atoms with Crippen molar-refractivity contribution >= 4 is 17.9 Å². The predicted molar refractivity (Wildman–Crippen MR) is 335 cm³/mol. The van der Waals surface area contributed by atoms with Crippen molar-refractivity contribution < 1.29 is 28.6 Å². The monoisotopic (exact) mass is 1070 g/mol. The maximum Gasteiger partial charge on any atom is 0.306 e. The molecule has 0 aliphatic rings. The van der Waals surface area contributed by atoms with E-state index in [2.05, 4.69) is 93.7 Å². The molecule has 0 aliphatic carbocycles. The van der Waals surface area contributed by atoms with Gasteiger partial charge in [-0.25, -0.2) is 0 Å². The largest absolute Gasteiger partial charge is 0.462 e. The van der Waals surface area contributed by atoms with Crippen LogP contribution in [-0.2, 0) is 28.6 Å². The van der Waals surface area contributed by atoms with E-state index in [0.29, 0.717) is 19.3 Å². The van der Waals surface area contributed by atoms with E-state index in [9.17, 15) is 14.4 Å². The van der Waals surface area contributed by atoms with Crippen LogP contribution < -0.4 is 0 Å². The predicted octanol–water partition coefficient (Wildman–Crippen LogP) is 22.9. The molecule has 0 aromatic rings. The van der Waals surface area contributed by atoms with Crippen LogP contribution >= 0.6 is 0 Å². The van der Waals surface area contributed by atoms with E-state index < -0.39 is 6.10 Å². The Morgan fingerprint density at radius 1 is 0.273 bits per heavy atom. The average Bonchev–Trinajstić information content (AvgIpc) is 3.43. The number of unbranched alkanes of at least 4 members (excludes halogenated alkanes) is 38. The molecule has 0 radical (unpaired) electrons. The van der Waals surface area contributed by atoms with E-state index >= 15 is 0 Å². The lowest BCUT2D eigenvalue weighted by atomic mass is 10.0. The van der Waals surface area contributed by atoms with Gasteiger partial charge in [-0.2, -0.15) is 0 Å². The highest BCUT2D eigenvalue weighted by molar-refractivity contribution is 5.71. The molecule has 0 saturated carbocycles. The lowest BCUT2D eigenvalue weighted by molar-refractivity contribution is -0.167. The number of esters is 3. The molecular weight excluding hydrogens is 949 g/mol. The van der Waals surface area contributed by atoms with Gasteiger partial charge in [0, 0.05) is 19.3 Å². The zero-order valence-electron chi connectivity index (χ0n) is 51.2. The quantitative estimate of drug-likeness (QED) is 0.0261. The van der Waals surface area contributed by atoms with Gasteiger partial charge in [0.2, 0.25) is 0 Å². The standard InChI is InChI=1S/C71H126O6/c1-4-7-10-13-15-17-19-21-23-25-27-29-31-33-34-35-36-38-39-41-43-45-47-49-51-53-55-58-61-64-70(73)76-67-68(66-75-69(72)63-60-57-12-9-6-3)77-71(74)65-62-59-56-54-52-50-48-46-44-42-40-37-32-30-28-26-24-22-20-18-16-14-11-8-5-2/h7,10,15,17,21,23,27,29,33-34,36,38,68H,4-6,8-9,11-14,16,18-20,22,24-26,28,30-32,35,37,39-67H2,1-3H3/b10-7-,17-15-,23-21-,29-27-,34-33-,38-36-. The van der Waals surface area contributed by atoms with E-state index in [-0.39, 0.29) is 31.1 Å². The van der Waals surface area contributed by atoms with Crippen molar-refractivity contribution in [1.29, 1.82) is 0 Å². The van der Waals surface area contributed by atoms with Crippen LogP contribution in [0.5, 0.6) is 0 Å². The number of ether oxygens (including phenoxy) is 3. The minimum absolute atomic E-state index is 0.0736. The van der Waals surface area contributed by atoms with E-state index in [1.807, 2.05) is 0 Å². The Hall–Kier alpha value is -3.15. The molecule has 0 amide bonds. The Bertz CT molecular complexity index is 1420. The Balaban J connectivity index is 4.00. The maximum atomic E-state index is 12.8. The first-order valence-electron chi connectivity index (χ1n) is 33.4. The minimum Gasteiger partial charge on any atom is -0.462 e. The van der Waals surface area contributed by atoms with Crippen molar-refractivity contribution in [3.63, 3.8) is 0 Å². The zero-order chi connectivity index (χ0) is 55.7. The second-order valence-corrected chi connectivity index (χ2v) is 22.4. The number of carbonyl (C=O) groups is 3. The lowest BCUT2D eigenvalue weighted by Crippen LogP contribution is -2.30. The maximum absolute atomic E-state index is 12.8. The van der Waals surface area contributed by atoms with Gasteiger partial charge in [0.1, 0.15) is 13.2 Å². The summed E-state index contributed by atoms with van der Waals surface area (Å²) in [6.45, 7) is 6.49. The summed E-state index contributed by atoms with van der Waals surface area (Å²) in [5.74, 6) is -0.875. The Kier molecular flexibility index (Phi) is 62.7. The van der Waals surface area contributed by atoms with Crippen molar-refractivity contribution in [2.75, 3.05) is 13.2 Å². The summed E-state index contributed by atoms with van der Waals surface area (Å²) < 4.78 is 16.8. The molecule has 446 valence electrons. The minimum atomic E-state index is -0.772. The second kappa shape index (κ2) is 65.4. The summed E-state index contributed by atoms with van der Waals surface area (Å²) in [7, 11) is 0. The average molecular weight is 1080 g/mol. The Labute approximate surface area is 478 Å². The fourth-order valence-corrected chi connectivity index (χ4v) is 9.74. The van der Waals surface area contributed by atoms with Crippen molar-refractivity contribution in [3.05, 3.63) is 72.9 Å². The van der Waals surface area contributed by atoms with Gasteiger partial charge in [0.25, 0.3) is 0 Å². The molecule has 6 nitrogen and oxygen atoms in total. The highest BCUT2D eigenvalue weighted by Gasteiger charge is 2.19. The molecule has 0 spiro atoms. The molecule has 0 heterocycles. The Morgan fingerprint density at radius 2 is 0.506 bits per heavy atom. The van der Waals surface area contributed by atoms with Gasteiger partial charge in [-0.3, -0.25) is 14.4 Å². The molecule has 0 bridgehead atoms. The first kappa shape index (κ1) is 73.8. The van der Waals surface area contributed by atoms with Gasteiger partial charge in [-0.15, -0.1) is 0 Å². The van der Waals surface area contributed by atoms with Gasteiger partial charge in [-0.1, -0.05) is 325 Å². The van der Waals surface area contributed by atoms with E-state index in [1.54, 1.807) is 0 Å². The molecule has 1 unspecified atom stereocenters. The van der Waals surface area contributed by atoms with Gasteiger partial charge < -0.3 is 14.2 Å². The molecule has 0 aromatic carbocycles. The highest BCUT2D eigenvalue weighted by atomic mass is 16.6. The van der Waals surface area contributed by atoms with Gasteiger partial charge in [-0.05, 0) is 70.6 Å². The Morgan fingerprint density at radius 3 is 0.792 bits per heavy atom. The number of rotatable bonds is 61. The molecule has 0 saturated heterocycles. The van der Waals surface area contributed by atoms with Crippen LogP contribution in [0.15, 0.2) is 72.9 Å². The first-order valence-corrected chi connectivity index (χ1v) is 33.4. The molecule has 0 aliphatic heterocycles. The van der Waals surface area contributed by atoms with Crippen molar-refractivity contribution in [2.45, 2.75) is 348 Å². The highest BCUT2D eigenvalue weighted by Crippen LogP contribution is 2.18. The number of carbonyl (C=O) groups excluding carboxylic acids is 3. The topological polar surface area (TPSA) is 78.9 Å². The van der Waals surface area contributed by atoms with Gasteiger partial charge >= 0.3 is 17.9 Å². The number of allylic oxidation sites excluding steroid dienone is 12. The molecular formula is C71H126O6. The van der Waals surface area contributed by atoms with Gasteiger partial charge in [0.15, 0.2) is 6.10 Å². The van der Waals surface area contributed by atoms with Crippen molar-refractivity contribution in [1.82, 2.24) is 0 Å². The fourth-order valence-electron chi connectivity index (χ4n) is 9.74. The number of hydrogen-bond acceptors (Lipinski definition) is 6. The zero-order valence-corrected chi connectivity index (χ0v) is 51.2. The molecule has 0 rings (SSSR count). The van der Waals surface area contributed by atoms with Gasteiger partial charge in [0.05, 0.1) is 0 Å². The van der Waals surface area contributed by atoms with Crippen molar-refractivity contribution in [2.24, 2.45) is 0 Å². The van der Waals surface area contributed by atoms with E-state index in [4.69, 9.17) is 14.2 Å². The van der Waals surface area contributed by atoms with Crippen LogP contribution in [0.2, 0.25) is 0 Å². The summed E-state index contributed by atoms with van der Waals surface area (Å²) in [6.07, 6.45) is 85.5. The van der Waals surface area contributed by atoms with E-state index in [0.717, 1.165) is 103 Å². The van der Waals surface area contributed by atoms with Crippen LogP contribution in [0.3, 0.4) is 0 Å². The van der Waals surface area contributed by atoms with Crippen LogP contribution in [-0.4, -0.2) is 37.2 Å². The van der Waals surface area contributed by atoms with Crippen molar-refractivity contribution in [3.8, 4) is 0 Å². The van der Waals surface area contributed by atoms with Crippen LogP contribution in [0, 0.1) is 0 Å². The third kappa shape index (κ3) is 63.6. The lowest BCUT2D eigenvalue weighted by Gasteiger charge is -2.18. The molecule has 0 aromatic heterocycles. The normalized spacial score (nSPS) is 12.5. The molecule has 77 heavy (non-hydrogen) atoms. The number of hydrogen-bond donors (Lipinski definition) is 0. The third-order valence-electron chi connectivity index (χ3n) is 14.7. The summed E-state index contributed by atoms with van der Waals surface area (Å²) in [5.41, 5.74) is 0. The fraction of sp³-hybridized carbons (Fsp3) is 0.789. The molecule has 6 heteroatoms. The smallest absolute Gasteiger partial charge is 0.306 e. The third-order valence-corrected chi connectivity index (χ3v) is 14.7. The van der Waals surface area contributed by atoms with E-state index in [1.165, 1.54) is 199 Å². The first-order chi connectivity index (χ1) is 38.0. The van der Waals surface area contributed by atoms with Crippen LogP contribution in [0.1, 0.15) is 342 Å². The second-order valence-electron chi connectivity index (χ2n) is 22.4. The SMILES string of the molecule is CC/C=C\C/C=C\C/C=C\C/C=C\C/C=C\C/C=C\CCCCCCCCCCCCC(=O)OCC(COC(=O)CCCCCCC)OC(=O)CCCCCCCCCCCCCCCCCCCCCCCCCCC. The summed E-state index contributed by atoms with van der Waals surface area (Å²) in [6, 6.07) is 0. The summed E-state index contributed by atoms with van der Waals surface area (Å²) in [5, 5.41) is 0. The summed E-state index contributed by atoms with van der Waals surface area (Å²) >= 11 is 0. The van der Waals surface area contributed by atoms with Crippen LogP contribution in [0.4, 0.5) is 0 Å². The molecule has 1 atom stereocenters. The molecule has 0 fully saturated rings.